The number of aromatic nitrogens is 5. The van der Waals surface area contributed by atoms with Gasteiger partial charge in [-0.1, -0.05) is 12.1 Å². The molecule has 0 saturated heterocycles. The Balaban J connectivity index is 1.65. The Morgan fingerprint density at radius 3 is 2.91 bits per heavy atom. The van der Waals surface area contributed by atoms with Crippen LogP contribution in [0.1, 0.15) is 26.9 Å². The van der Waals surface area contributed by atoms with E-state index >= 15 is 0 Å². The van der Waals surface area contributed by atoms with E-state index in [-0.39, 0.29) is 18.1 Å². The molecule has 0 unspecified atom stereocenters. The summed E-state index contributed by atoms with van der Waals surface area (Å²) in [5, 5.41) is 14.8. The maximum absolute atomic E-state index is 13.2. The Morgan fingerprint density at radius 2 is 2.17 bits per heavy atom. The molecule has 3 rings (SSSR count). The van der Waals surface area contributed by atoms with Crippen molar-refractivity contribution in [3.63, 3.8) is 0 Å². The van der Waals surface area contributed by atoms with Crippen LogP contribution in [0.4, 0.5) is 4.39 Å². The lowest BCUT2D eigenvalue weighted by Crippen LogP contribution is -2.18. The average Bonchev–Trinajstić information content (AvgIpc) is 3.18. The summed E-state index contributed by atoms with van der Waals surface area (Å²) < 4.78 is 13.2. The molecule has 2 heterocycles. The molecule has 1 N–H and O–H groups in total. The molecule has 0 bridgehead atoms. The van der Waals surface area contributed by atoms with E-state index in [1.165, 1.54) is 23.5 Å². The number of H-pyrrole nitrogens is 1. The molecule has 0 spiro atoms. The van der Waals surface area contributed by atoms with Crippen LogP contribution >= 0.6 is 11.3 Å². The van der Waals surface area contributed by atoms with Gasteiger partial charge >= 0.3 is 0 Å². The van der Waals surface area contributed by atoms with Crippen LogP contribution in [0.25, 0.3) is 0 Å². The highest BCUT2D eigenvalue weighted by Gasteiger charge is 2.21. The highest BCUT2D eigenvalue weighted by molar-refractivity contribution is 7.09. The summed E-state index contributed by atoms with van der Waals surface area (Å²) in [6.07, 6.45) is 0.336. The van der Waals surface area contributed by atoms with Crippen LogP contribution in [0.5, 0.6) is 0 Å². The topological polar surface area (TPSA) is 101 Å². The van der Waals surface area contributed by atoms with E-state index in [2.05, 4.69) is 25.6 Å². The molecule has 3 aromatic rings. The van der Waals surface area contributed by atoms with Gasteiger partial charge in [0.05, 0.1) is 17.1 Å². The fourth-order valence-electron chi connectivity index (χ4n) is 1.96. The Labute approximate surface area is 133 Å². The molecule has 0 atom stereocenters. The van der Waals surface area contributed by atoms with Gasteiger partial charge in [0.25, 0.3) is 5.78 Å². The number of hydrogen-bond acceptors (Lipinski definition) is 7. The van der Waals surface area contributed by atoms with Crippen LogP contribution in [-0.4, -0.2) is 37.2 Å². The van der Waals surface area contributed by atoms with Gasteiger partial charge in [-0.15, -0.1) is 21.5 Å². The van der Waals surface area contributed by atoms with Crippen LogP contribution in [0.15, 0.2) is 29.6 Å². The maximum Gasteiger partial charge on any atom is 0.269 e. The molecule has 0 aliphatic carbocycles. The van der Waals surface area contributed by atoms with Crippen molar-refractivity contribution < 1.29 is 14.0 Å². The highest BCUT2D eigenvalue weighted by atomic mass is 32.1. The number of thiazole rings is 1. The van der Waals surface area contributed by atoms with Gasteiger partial charge in [-0.25, -0.2) is 9.37 Å². The van der Waals surface area contributed by atoms with Gasteiger partial charge in [0.1, 0.15) is 5.82 Å². The molecule has 9 heteroatoms. The quantitative estimate of drug-likeness (QED) is 0.541. The SMILES string of the molecule is O=C(Cc1csc(Cc2cccc(F)c2)n1)C(=O)c1nn[nH]n1. The molecule has 2 aromatic heterocycles. The van der Waals surface area contributed by atoms with E-state index < -0.39 is 11.6 Å². The normalized spacial score (nSPS) is 10.7. The summed E-state index contributed by atoms with van der Waals surface area (Å²) in [7, 11) is 0. The van der Waals surface area contributed by atoms with Crippen LogP contribution in [0.2, 0.25) is 0 Å². The van der Waals surface area contributed by atoms with Crippen molar-refractivity contribution in [2.45, 2.75) is 12.8 Å². The van der Waals surface area contributed by atoms with E-state index in [1.807, 2.05) is 0 Å². The van der Waals surface area contributed by atoms with Crippen molar-refractivity contribution in [3.05, 3.63) is 57.6 Å². The van der Waals surface area contributed by atoms with E-state index in [0.29, 0.717) is 12.1 Å². The number of Topliss-reactive ketones (excluding diaryl/α,β-unsaturated/α-hetero) is 2. The number of hydrogen-bond donors (Lipinski definition) is 1. The van der Waals surface area contributed by atoms with Gasteiger partial charge in [0.15, 0.2) is 0 Å². The zero-order valence-electron chi connectivity index (χ0n) is 11.7. The van der Waals surface area contributed by atoms with Crippen molar-refractivity contribution in [1.29, 1.82) is 0 Å². The van der Waals surface area contributed by atoms with E-state index in [1.54, 1.807) is 17.5 Å². The second kappa shape index (κ2) is 6.53. The molecular formula is C14H10FN5O2S. The number of nitrogens with one attached hydrogen (secondary N) is 1. The predicted molar refractivity (Wildman–Crippen MR) is 78.5 cm³/mol. The number of tetrazole rings is 1. The first-order chi connectivity index (χ1) is 11.1. The lowest BCUT2D eigenvalue weighted by Gasteiger charge is -1.98. The predicted octanol–water partition coefficient (Wildman–Crippen LogP) is 1.38. The van der Waals surface area contributed by atoms with Crippen LogP contribution < -0.4 is 0 Å². The summed E-state index contributed by atoms with van der Waals surface area (Å²) in [6.45, 7) is 0. The highest BCUT2D eigenvalue weighted by Crippen LogP contribution is 2.16. The minimum absolute atomic E-state index is 0.132. The third kappa shape index (κ3) is 3.69. The van der Waals surface area contributed by atoms with E-state index in [9.17, 15) is 14.0 Å². The third-order valence-electron chi connectivity index (χ3n) is 2.99. The maximum atomic E-state index is 13.2. The molecule has 0 radical (unpaired) electrons. The van der Waals surface area contributed by atoms with Crippen molar-refractivity contribution in [1.82, 2.24) is 25.6 Å². The van der Waals surface area contributed by atoms with Crippen LogP contribution in [0, 0.1) is 5.82 Å². The molecule has 0 fully saturated rings. The van der Waals surface area contributed by atoms with Crippen molar-refractivity contribution in [2.75, 3.05) is 0 Å². The van der Waals surface area contributed by atoms with Gasteiger partial charge < -0.3 is 0 Å². The zero-order valence-corrected chi connectivity index (χ0v) is 12.5. The number of rotatable bonds is 6. The van der Waals surface area contributed by atoms with Crippen LogP contribution in [-0.2, 0) is 17.6 Å². The Bertz CT molecular complexity index is 846. The first-order valence-corrected chi connectivity index (χ1v) is 7.48. The summed E-state index contributed by atoms with van der Waals surface area (Å²) in [4.78, 5) is 27.9. The molecule has 116 valence electrons. The van der Waals surface area contributed by atoms with Crippen molar-refractivity contribution >= 4 is 22.9 Å². The molecule has 23 heavy (non-hydrogen) atoms. The Kier molecular flexibility index (Phi) is 4.29. The number of benzene rings is 1. The van der Waals surface area contributed by atoms with Gasteiger partial charge in [-0.3, -0.25) is 9.59 Å². The first kappa shape index (κ1) is 15.1. The Morgan fingerprint density at radius 1 is 1.30 bits per heavy atom. The minimum atomic E-state index is -0.807. The molecule has 0 amide bonds. The fourth-order valence-corrected chi connectivity index (χ4v) is 2.79. The number of halogens is 1. The molecule has 0 aliphatic rings. The molecule has 0 aliphatic heterocycles. The second-order valence-electron chi connectivity index (χ2n) is 4.70. The molecule has 7 nitrogen and oxygen atoms in total. The summed E-state index contributed by atoms with van der Waals surface area (Å²) in [5.74, 6) is -2.03. The van der Waals surface area contributed by atoms with Gasteiger partial charge in [-0.2, -0.15) is 5.21 Å². The van der Waals surface area contributed by atoms with Crippen molar-refractivity contribution in [2.24, 2.45) is 0 Å². The first-order valence-electron chi connectivity index (χ1n) is 6.60. The summed E-state index contributed by atoms with van der Waals surface area (Å²) >= 11 is 1.35. The smallest absolute Gasteiger partial charge is 0.269 e. The number of nitrogens with zero attached hydrogens (tertiary/aromatic N) is 4. The average molecular weight is 331 g/mol. The third-order valence-corrected chi connectivity index (χ3v) is 3.88. The van der Waals surface area contributed by atoms with E-state index in [4.69, 9.17) is 0 Å². The number of ketones is 2. The summed E-state index contributed by atoms with van der Waals surface area (Å²) in [6, 6.07) is 6.24. The van der Waals surface area contributed by atoms with Gasteiger partial charge in [0, 0.05) is 11.8 Å². The standard InChI is InChI=1S/C14H10FN5O2S/c15-9-3-1-2-8(4-9)5-12-16-10(7-23-12)6-11(21)13(22)14-17-19-20-18-14/h1-4,7H,5-6H2,(H,17,18,19,20). The molecule has 1 aromatic carbocycles. The lowest BCUT2D eigenvalue weighted by molar-refractivity contribution is -0.114. The monoisotopic (exact) mass is 331 g/mol. The largest absolute Gasteiger partial charge is 0.290 e. The Hall–Kier alpha value is -2.81. The fraction of sp³-hybridized carbons (Fsp3) is 0.143. The zero-order chi connectivity index (χ0) is 16.2. The van der Waals surface area contributed by atoms with Crippen molar-refractivity contribution in [3.8, 4) is 0 Å². The van der Waals surface area contributed by atoms with Gasteiger partial charge in [-0.05, 0) is 22.9 Å². The van der Waals surface area contributed by atoms with E-state index in [0.717, 1.165) is 10.6 Å². The second-order valence-corrected chi connectivity index (χ2v) is 5.65. The molecular weight excluding hydrogens is 321 g/mol. The number of carbonyl (C=O) groups excluding carboxylic acids is 2. The molecule has 0 saturated carbocycles. The summed E-state index contributed by atoms with van der Waals surface area (Å²) in [5.41, 5.74) is 1.28. The lowest BCUT2D eigenvalue weighted by atomic mass is 10.1. The number of aromatic amines is 1. The minimum Gasteiger partial charge on any atom is -0.290 e. The number of carbonyl (C=O) groups is 2. The van der Waals surface area contributed by atoms with Gasteiger partial charge in [0.2, 0.25) is 11.6 Å². The van der Waals surface area contributed by atoms with Crippen LogP contribution in [0.3, 0.4) is 0 Å².